The number of nitrogens with one attached hydrogen (secondary N) is 2. The van der Waals surface area contributed by atoms with E-state index in [1.165, 1.54) is 12.1 Å². The van der Waals surface area contributed by atoms with E-state index in [0.717, 1.165) is 33.9 Å². The molecule has 4 nitrogen and oxygen atoms in total. The standard InChI is InChI=1S/C20H23F3N2O2/c1-14(19(26)24-12-15-6-10-18(27-3)11-7-15)25(2)13-16-4-8-17(9-5-16)20(21,22)23/h4-11,14H,12-13H2,1-3H3,(H,24,26)/p+1/t14-/m0/s1. The van der Waals surface area contributed by atoms with Gasteiger partial charge in [0.1, 0.15) is 12.3 Å². The number of methoxy groups -OCH3 is 1. The molecule has 2 rings (SSSR count). The molecule has 1 unspecified atom stereocenters. The second kappa shape index (κ2) is 8.90. The Kier molecular flexibility index (Phi) is 6.85. The maximum atomic E-state index is 12.6. The molecule has 1 amide bonds. The molecule has 0 aliphatic rings. The van der Waals surface area contributed by atoms with Crippen LogP contribution in [0.5, 0.6) is 5.75 Å². The number of halogens is 3. The van der Waals surface area contributed by atoms with Crippen molar-refractivity contribution in [2.45, 2.75) is 32.2 Å². The Bertz CT molecular complexity index is 743. The molecule has 7 heteroatoms. The van der Waals surface area contributed by atoms with Gasteiger partial charge in [-0.15, -0.1) is 0 Å². The fourth-order valence-electron chi connectivity index (χ4n) is 2.60. The Morgan fingerprint density at radius 2 is 1.63 bits per heavy atom. The van der Waals surface area contributed by atoms with Crippen LogP contribution in [0.15, 0.2) is 48.5 Å². The average Bonchev–Trinajstić information content (AvgIpc) is 2.65. The molecule has 0 heterocycles. The first-order chi connectivity index (χ1) is 12.7. The van der Waals surface area contributed by atoms with Crippen LogP contribution in [0.4, 0.5) is 13.2 Å². The summed E-state index contributed by atoms with van der Waals surface area (Å²) < 4.78 is 42.9. The van der Waals surface area contributed by atoms with Crippen LogP contribution < -0.4 is 15.0 Å². The van der Waals surface area contributed by atoms with Crippen molar-refractivity contribution in [1.29, 1.82) is 0 Å². The first-order valence-electron chi connectivity index (χ1n) is 8.60. The van der Waals surface area contributed by atoms with E-state index in [-0.39, 0.29) is 11.9 Å². The third-order valence-electron chi connectivity index (χ3n) is 4.52. The quantitative estimate of drug-likeness (QED) is 0.774. The topological polar surface area (TPSA) is 42.8 Å². The molecule has 0 spiro atoms. The fraction of sp³-hybridized carbons (Fsp3) is 0.350. The number of likely N-dealkylation sites (N-methyl/N-ethyl adjacent to an activating group) is 1. The first kappa shape index (κ1) is 20.8. The van der Waals surface area contributed by atoms with Gasteiger partial charge in [-0.05, 0) is 36.8 Å². The molecule has 0 bridgehead atoms. The third-order valence-corrected chi connectivity index (χ3v) is 4.52. The van der Waals surface area contributed by atoms with Crippen molar-refractivity contribution < 1.29 is 27.6 Å². The normalized spacial score (nSPS) is 13.7. The van der Waals surface area contributed by atoms with Crippen LogP contribution in [-0.2, 0) is 24.1 Å². The lowest BCUT2D eigenvalue weighted by Crippen LogP contribution is -3.12. The molecule has 2 aromatic carbocycles. The summed E-state index contributed by atoms with van der Waals surface area (Å²) >= 11 is 0. The summed E-state index contributed by atoms with van der Waals surface area (Å²) in [5.74, 6) is 0.634. The molecule has 0 fully saturated rings. The third kappa shape index (κ3) is 5.99. The van der Waals surface area contributed by atoms with Crippen LogP contribution in [-0.4, -0.2) is 26.1 Å². The van der Waals surface area contributed by atoms with Crippen molar-refractivity contribution in [1.82, 2.24) is 5.32 Å². The molecule has 0 radical (unpaired) electrons. The van der Waals surface area contributed by atoms with Crippen LogP contribution >= 0.6 is 0 Å². The van der Waals surface area contributed by atoms with E-state index in [2.05, 4.69) is 5.32 Å². The second-order valence-electron chi connectivity index (χ2n) is 6.51. The number of ether oxygens (including phenoxy) is 1. The Morgan fingerprint density at radius 1 is 1.07 bits per heavy atom. The van der Waals surface area contributed by atoms with Gasteiger partial charge >= 0.3 is 6.18 Å². The van der Waals surface area contributed by atoms with Crippen molar-refractivity contribution in [2.24, 2.45) is 0 Å². The maximum absolute atomic E-state index is 12.6. The molecule has 2 aromatic rings. The van der Waals surface area contributed by atoms with Crippen molar-refractivity contribution in [3.05, 3.63) is 65.2 Å². The van der Waals surface area contributed by atoms with E-state index in [4.69, 9.17) is 4.74 Å². The van der Waals surface area contributed by atoms with Gasteiger partial charge in [-0.3, -0.25) is 4.79 Å². The first-order valence-corrected chi connectivity index (χ1v) is 8.60. The molecule has 2 N–H and O–H groups in total. The molecular formula is C20H24F3N2O2+. The molecule has 0 aromatic heterocycles. The van der Waals surface area contributed by atoms with Crippen LogP contribution in [0.25, 0.3) is 0 Å². The van der Waals surface area contributed by atoms with E-state index < -0.39 is 11.7 Å². The summed E-state index contributed by atoms with van der Waals surface area (Å²) in [5, 5.41) is 2.88. The molecule has 0 aliphatic heterocycles. The SMILES string of the molecule is COc1ccc(CNC(=O)[C@H](C)[NH+](C)Cc2ccc(C(F)(F)F)cc2)cc1. The zero-order valence-electron chi connectivity index (χ0n) is 15.6. The van der Waals surface area contributed by atoms with Gasteiger partial charge in [-0.25, -0.2) is 0 Å². The van der Waals surface area contributed by atoms with Crippen molar-refractivity contribution in [3.63, 3.8) is 0 Å². The summed E-state index contributed by atoms with van der Waals surface area (Å²) in [6.07, 6.45) is -4.34. The molecule has 146 valence electrons. The Morgan fingerprint density at radius 3 is 2.15 bits per heavy atom. The molecule has 27 heavy (non-hydrogen) atoms. The van der Waals surface area contributed by atoms with Gasteiger partial charge in [0.2, 0.25) is 0 Å². The number of hydrogen-bond donors (Lipinski definition) is 2. The Balaban J connectivity index is 1.87. The molecular weight excluding hydrogens is 357 g/mol. The van der Waals surface area contributed by atoms with Crippen LogP contribution in [0.3, 0.4) is 0 Å². The van der Waals surface area contributed by atoms with Crippen molar-refractivity contribution >= 4 is 5.91 Å². The van der Waals surface area contributed by atoms with E-state index in [9.17, 15) is 18.0 Å². The van der Waals surface area contributed by atoms with Gasteiger partial charge in [0.15, 0.2) is 6.04 Å². The zero-order chi connectivity index (χ0) is 20.0. The van der Waals surface area contributed by atoms with Gasteiger partial charge in [0, 0.05) is 12.1 Å². The van der Waals surface area contributed by atoms with Crippen LogP contribution in [0, 0.1) is 0 Å². The number of alkyl halides is 3. The average molecular weight is 381 g/mol. The highest BCUT2D eigenvalue weighted by atomic mass is 19.4. The maximum Gasteiger partial charge on any atom is 0.416 e. The summed E-state index contributed by atoms with van der Waals surface area (Å²) in [4.78, 5) is 13.2. The van der Waals surface area contributed by atoms with E-state index in [1.54, 1.807) is 14.0 Å². The molecule has 0 saturated heterocycles. The highest BCUT2D eigenvalue weighted by molar-refractivity contribution is 5.79. The molecule has 0 saturated carbocycles. The lowest BCUT2D eigenvalue weighted by atomic mass is 10.1. The monoisotopic (exact) mass is 381 g/mol. The van der Waals surface area contributed by atoms with Gasteiger partial charge in [-0.1, -0.05) is 24.3 Å². The number of amides is 1. The van der Waals surface area contributed by atoms with E-state index >= 15 is 0 Å². The van der Waals surface area contributed by atoms with Crippen LogP contribution in [0.2, 0.25) is 0 Å². The fourth-order valence-corrected chi connectivity index (χ4v) is 2.60. The lowest BCUT2D eigenvalue weighted by Gasteiger charge is -2.21. The predicted molar refractivity (Wildman–Crippen MR) is 96.3 cm³/mol. The molecule has 0 aliphatic carbocycles. The number of benzene rings is 2. The summed E-state index contributed by atoms with van der Waals surface area (Å²) in [6, 6.07) is 12.1. The van der Waals surface area contributed by atoms with Gasteiger partial charge in [0.05, 0.1) is 19.7 Å². The van der Waals surface area contributed by atoms with E-state index in [0.29, 0.717) is 13.1 Å². The number of hydrogen-bond acceptors (Lipinski definition) is 2. The van der Waals surface area contributed by atoms with Gasteiger partial charge < -0.3 is 15.0 Å². The number of rotatable bonds is 7. The van der Waals surface area contributed by atoms with Crippen molar-refractivity contribution in [2.75, 3.05) is 14.2 Å². The minimum Gasteiger partial charge on any atom is -0.497 e. The van der Waals surface area contributed by atoms with Crippen LogP contribution in [0.1, 0.15) is 23.6 Å². The predicted octanol–water partition coefficient (Wildman–Crippen LogP) is 2.43. The Hall–Kier alpha value is -2.54. The summed E-state index contributed by atoms with van der Waals surface area (Å²) in [5.41, 5.74) is 1.03. The largest absolute Gasteiger partial charge is 0.497 e. The Labute approximate surface area is 156 Å². The zero-order valence-corrected chi connectivity index (χ0v) is 15.6. The minimum atomic E-state index is -4.34. The summed E-state index contributed by atoms with van der Waals surface area (Å²) in [6.45, 7) is 2.65. The number of carbonyl (C=O) groups excluding carboxylic acids is 1. The second-order valence-corrected chi connectivity index (χ2v) is 6.51. The highest BCUT2D eigenvalue weighted by Gasteiger charge is 2.30. The van der Waals surface area contributed by atoms with Gasteiger partial charge in [0.25, 0.3) is 5.91 Å². The summed E-state index contributed by atoms with van der Waals surface area (Å²) in [7, 11) is 3.43. The highest BCUT2D eigenvalue weighted by Crippen LogP contribution is 2.28. The van der Waals surface area contributed by atoms with Gasteiger partial charge in [-0.2, -0.15) is 13.2 Å². The smallest absolute Gasteiger partial charge is 0.416 e. The minimum absolute atomic E-state index is 0.116. The lowest BCUT2D eigenvalue weighted by molar-refractivity contribution is -0.908. The van der Waals surface area contributed by atoms with Crippen molar-refractivity contribution in [3.8, 4) is 5.75 Å². The van der Waals surface area contributed by atoms with E-state index in [1.807, 2.05) is 31.3 Å². The number of carbonyl (C=O) groups is 1. The number of quaternary nitrogens is 1. The molecule has 2 atom stereocenters.